The van der Waals surface area contributed by atoms with Crippen LogP contribution in [0.1, 0.15) is 112 Å². The number of Topliss-reactive ketones (excluding diaryl/α,β-unsaturated/α-hetero) is 1. The molecule has 0 amide bonds. The summed E-state index contributed by atoms with van der Waals surface area (Å²) in [7, 11) is 6.79. The molecule has 3 aliphatic heterocycles. The second kappa shape index (κ2) is 23.0. The second-order valence-electron chi connectivity index (χ2n) is 19.2. The van der Waals surface area contributed by atoms with Crippen molar-refractivity contribution in [3.8, 4) is 0 Å². The zero-order valence-corrected chi connectivity index (χ0v) is 41.5. The molecular formula is C49H75NO16. The fourth-order valence-electron chi connectivity index (χ4n) is 9.91. The van der Waals surface area contributed by atoms with Gasteiger partial charge in [0, 0.05) is 39.4 Å². The average molecular weight is 934 g/mol. The van der Waals surface area contributed by atoms with Crippen LogP contribution in [-0.4, -0.2) is 153 Å². The number of aliphatic hydroxyl groups is 1. The standard InChI is InChI=1S/C49H75NO16/c1-16-37-47(9,56)23-27(2)39(52)28(3)24-48(10,57-14)42(59-26-36-41(62-33(8)51)35(50(12)13)22-29(4)60-36)30(5)40(31(6)44(53)63-37)64-38-25-49(11,58-15)43(32(7)61-38)65-46(55)66-45(54)34-20-18-17-19-21-34/h17-21,23,28-32,35-38,40-43,56H,16,22,24-26H2,1-15H3/t28-,29-,30+,31-,32+,35+,36?,37-,38?,40+,41-,42-,43+,47+,48-,49-/m1/s1. The first-order valence-electron chi connectivity index (χ1n) is 23.0. The van der Waals surface area contributed by atoms with Gasteiger partial charge in [0.2, 0.25) is 0 Å². The molecule has 16 atom stereocenters. The van der Waals surface area contributed by atoms with E-state index in [2.05, 4.69) is 0 Å². The number of benzene rings is 1. The topological polar surface area (TPSA) is 201 Å². The van der Waals surface area contributed by atoms with Gasteiger partial charge in [0.25, 0.3) is 0 Å². The number of esters is 3. The van der Waals surface area contributed by atoms with Crippen LogP contribution in [0.3, 0.4) is 0 Å². The lowest BCUT2D eigenvalue weighted by Crippen LogP contribution is -2.60. The van der Waals surface area contributed by atoms with Crippen LogP contribution in [0.25, 0.3) is 0 Å². The summed E-state index contributed by atoms with van der Waals surface area (Å²) in [5.41, 5.74) is -3.76. The Kier molecular flexibility index (Phi) is 19.1. The van der Waals surface area contributed by atoms with Gasteiger partial charge in [0.1, 0.15) is 29.5 Å². The quantitative estimate of drug-likeness (QED) is 0.145. The number of carbonyl (C=O) groups is 5. The van der Waals surface area contributed by atoms with Crippen LogP contribution in [0.4, 0.5) is 4.79 Å². The number of ether oxygens (including phenoxy) is 10. The Morgan fingerprint density at radius 2 is 1.50 bits per heavy atom. The minimum Gasteiger partial charge on any atom is -0.459 e. The van der Waals surface area contributed by atoms with Crippen molar-refractivity contribution in [1.82, 2.24) is 4.90 Å². The molecule has 4 rings (SSSR count). The molecule has 17 heteroatoms. The molecule has 0 aliphatic carbocycles. The maximum atomic E-state index is 14.5. The number of nitrogens with zero attached hydrogens (tertiary/aromatic N) is 1. The van der Waals surface area contributed by atoms with Crippen LogP contribution < -0.4 is 0 Å². The van der Waals surface area contributed by atoms with Gasteiger partial charge in [-0.2, -0.15) is 0 Å². The third-order valence-electron chi connectivity index (χ3n) is 13.5. The molecule has 3 heterocycles. The largest absolute Gasteiger partial charge is 0.516 e. The molecule has 3 aliphatic rings. The second-order valence-corrected chi connectivity index (χ2v) is 19.2. The summed E-state index contributed by atoms with van der Waals surface area (Å²) in [6, 6.07) is 7.81. The number of ketones is 1. The highest BCUT2D eigenvalue weighted by molar-refractivity contribution is 5.96. The lowest BCUT2D eigenvalue weighted by molar-refractivity contribution is -0.302. The Bertz CT molecular complexity index is 1850. The molecule has 2 fully saturated rings. The van der Waals surface area contributed by atoms with E-state index >= 15 is 0 Å². The minimum absolute atomic E-state index is 0.0256. The number of cyclic esters (lactones) is 1. The van der Waals surface area contributed by atoms with Crippen LogP contribution in [0.5, 0.6) is 0 Å². The highest BCUT2D eigenvalue weighted by Crippen LogP contribution is 2.41. The maximum absolute atomic E-state index is 14.5. The molecule has 2 unspecified atom stereocenters. The normalized spacial score (nSPS) is 38.4. The smallest absolute Gasteiger partial charge is 0.459 e. The maximum Gasteiger partial charge on any atom is 0.516 e. The van der Waals surface area contributed by atoms with Crippen molar-refractivity contribution in [3.05, 3.63) is 47.5 Å². The number of hydrogen-bond donors (Lipinski definition) is 1. The summed E-state index contributed by atoms with van der Waals surface area (Å²) < 4.78 is 61.7. The number of likely N-dealkylation sites (N-methyl/N-ethyl adjacent to an activating group) is 1. The molecule has 0 spiro atoms. The monoisotopic (exact) mass is 934 g/mol. The summed E-state index contributed by atoms with van der Waals surface area (Å²) in [5.74, 6) is -4.74. The summed E-state index contributed by atoms with van der Waals surface area (Å²) >= 11 is 0. The van der Waals surface area contributed by atoms with Crippen LogP contribution >= 0.6 is 0 Å². The Hall–Kier alpha value is -3.81. The van der Waals surface area contributed by atoms with E-state index in [1.165, 1.54) is 46.3 Å². The Morgan fingerprint density at radius 3 is 2.08 bits per heavy atom. The molecule has 1 N–H and O–H groups in total. The van der Waals surface area contributed by atoms with Crippen LogP contribution in [-0.2, 0) is 61.8 Å². The molecule has 1 aromatic carbocycles. The van der Waals surface area contributed by atoms with Gasteiger partial charge in [-0.3, -0.25) is 14.4 Å². The third kappa shape index (κ3) is 13.2. The van der Waals surface area contributed by atoms with E-state index in [1.54, 1.807) is 59.7 Å². The van der Waals surface area contributed by atoms with Crippen molar-refractivity contribution in [3.63, 3.8) is 0 Å². The van der Waals surface area contributed by atoms with Gasteiger partial charge in [-0.25, -0.2) is 9.59 Å². The minimum atomic E-state index is -1.71. The van der Waals surface area contributed by atoms with Crippen LogP contribution in [0.2, 0.25) is 0 Å². The molecule has 0 radical (unpaired) electrons. The zero-order chi connectivity index (χ0) is 49.5. The number of allylic oxidation sites excluding steroid dienone is 1. The predicted octanol–water partition coefficient (Wildman–Crippen LogP) is 6.00. The number of rotatable bonds is 12. The highest BCUT2D eigenvalue weighted by Gasteiger charge is 2.53. The van der Waals surface area contributed by atoms with Crippen LogP contribution in [0, 0.1) is 17.8 Å². The summed E-state index contributed by atoms with van der Waals surface area (Å²) in [4.78, 5) is 68.7. The van der Waals surface area contributed by atoms with E-state index in [0.717, 1.165) is 0 Å². The van der Waals surface area contributed by atoms with Gasteiger partial charge in [-0.05, 0) is 106 Å². The molecule has 17 nitrogen and oxygen atoms in total. The van der Waals surface area contributed by atoms with E-state index in [4.69, 9.17) is 47.4 Å². The Labute approximate surface area is 390 Å². The molecule has 1 aromatic rings. The van der Waals surface area contributed by atoms with Gasteiger partial charge in [0.15, 0.2) is 18.2 Å². The van der Waals surface area contributed by atoms with Crippen LogP contribution in [0.15, 0.2) is 42.0 Å². The molecule has 2 saturated heterocycles. The van der Waals surface area contributed by atoms with Gasteiger partial charge in [-0.1, -0.05) is 39.0 Å². The average Bonchev–Trinajstić information content (AvgIpc) is 3.25. The van der Waals surface area contributed by atoms with Crippen molar-refractivity contribution in [2.24, 2.45) is 17.8 Å². The molecule has 0 bridgehead atoms. The van der Waals surface area contributed by atoms with E-state index < -0.39 is 108 Å². The fourth-order valence-corrected chi connectivity index (χ4v) is 9.91. The summed E-state index contributed by atoms with van der Waals surface area (Å²) in [6.45, 7) is 18.6. The predicted molar refractivity (Wildman–Crippen MR) is 240 cm³/mol. The Balaban J connectivity index is 1.78. The molecule has 0 aromatic heterocycles. The van der Waals surface area contributed by atoms with E-state index in [9.17, 15) is 29.1 Å². The lowest BCUT2D eigenvalue weighted by Gasteiger charge is -2.49. The summed E-state index contributed by atoms with van der Waals surface area (Å²) in [5, 5.41) is 11.7. The zero-order valence-electron chi connectivity index (χ0n) is 41.5. The van der Waals surface area contributed by atoms with Crippen molar-refractivity contribution in [1.29, 1.82) is 0 Å². The van der Waals surface area contributed by atoms with E-state index in [1.807, 2.05) is 39.8 Å². The summed E-state index contributed by atoms with van der Waals surface area (Å²) in [6.07, 6.45) is -6.60. The number of carbonyl (C=O) groups excluding carboxylic acids is 5. The van der Waals surface area contributed by atoms with E-state index in [0.29, 0.717) is 12.0 Å². The molecule has 372 valence electrons. The Morgan fingerprint density at radius 1 is 0.879 bits per heavy atom. The molecular weight excluding hydrogens is 859 g/mol. The fraction of sp³-hybridized carbons (Fsp3) is 0.735. The highest BCUT2D eigenvalue weighted by atomic mass is 16.8. The van der Waals surface area contributed by atoms with Crippen molar-refractivity contribution >= 4 is 29.8 Å². The van der Waals surface area contributed by atoms with Gasteiger partial charge < -0.3 is 57.4 Å². The van der Waals surface area contributed by atoms with Gasteiger partial charge in [-0.15, -0.1) is 0 Å². The first-order valence-corrected chi connectivity index (χ1v) is 23.0. The SMILES string of the molecule is CC[C@H]1OC(=O)[C@H](C)[C@@H](OC2C[C@@](C)(OC)[C@@H](OC(=O)OC(=O)c3ccccc3)[C@H](C)O2)[C@H](C)[C@@H](OCC2O[C@H](C)C[C@H](N(C)C)[C@H]2OC(C)=O)[C@](C)(OC)C[C@@H](C)C(=O)C(C)=C[C@]1(C)O. The van der Waals surface area contributed by atoms with Crippen molar-refractivity contribution in [2.45, 2.75) is 180 Å². The molecule has 66 heavy (non-hydrogen) atoms. The molecule has 0 saturated carbocycles. The first kappa shape index (κ1) is 54.8. The van der Waals surface area contributed by atoms with Gasteiger partial charge in [0.05, 0.1) is 54.1 Å². The van der Waals surface area contributed by atoms with E-state index in [-0.39, 0.29) is 49.4 Å². The van der Waals surface area contributed by atoms with Gasteiger partial charge >= 0.3 is 24.1 Å². The lowest BCUT2D eigenvalue weighted by atomic mass is 9.76. The van der Waals surface area contributed by atoms with Crippen molar-refractivity contribution in [2.75, 3.05) is 34.9 Å². The first-order chi connectivity index (χ1) is 30.8. The number of methoxy groups -OCH3 is 2. The third-order valence-corrected chi connectivity index (χ3v) is 13.5. The van der Waals surface area contributed by atoms with Crippen molar-refractivity contribution < 1.29 is 76.4 Å². The number of hydrogen-bond acceptors (Lipinski definition) is 17.